The van der Waals surface area contributed by atoms with Gasteiger partial charge in [0.15, 0.2) is 0 Å². The Kier molecular flexibility index (Phi) is 4.31. The SMILES string of the molecule is COC(=O)c1cn(-c2ccccc2C)cc2c(=O)n(-c3ccccc3C)nc1-2. The Balaban J connectivity index is 2.04. The zero-order valence-corrected chi connectivity index (χ0v) is 15.8. The predicted octanol–water partition coefficient (Wildman–Crippen LogP) is 3.53. The summed E-state index contributed by atoms with van der Waals surface area (Å²) in [7, 11) is 1.32. The lowest BCUT2D eigenvalue weighted by molar-refractivity contribution is 0.0600. The van der Waals surface area contributed by atoms with Gasteiger partial charge in [0.25, 0.3) is 5.56 Å². The van der Waals surface area contributed by atoms with Gasteiger partial charge in [-0.3, -0.25) is 4.79 Å². The molecule has 6 heteroatoms. The van der Waals surface area contributed by atoms with E-state index in [9.17, 15) is 9.59 Å². The van der Waals surface area contributed by atoms with Gasteiger partial charge in [0.05, 0.1) is 18.4 Å². The number of carbonyl (C=O) groups excluding carboxylic acids is 1. The van der Waals surface area contributed by atoms with Crippen LogP contribution in [0.2, 0.25) is 0 Å². The number of rotatable bonds is 3. The number of pyridine rings is 1. The third kappa shape index (κ3) is 2.79. The van der Waals surface area contributed by atoms with Gasteiger partial charge in [-0.1, -0.05) is 36.4 Å². The molecule has 0 atom stereocenters. The molecule has 2 aliphatic rings. The number of hydrogen-bond donors (Lipinski definition) is 0. The van der Waals surface area contributed by atoms with Crippen molar-refractivity contribution < 1.29 is 9.53 Å². The van der Waals surface area contributed by atoms with Crippen LogP contribution < -0.4 is 5.56 Å². The average Bonchev–Trinajstić information content (AvgIpc) is 3.04. The minimum atomic E-state index is -0.539. The van der Waals surface area contributed by atoms with Crippen molar-refractivity contribution in [1.82, 2.24) is 14.3 Å². The quantitative estimate of drug-likeness (QED) is 0.515. The molecule has 0 bridgehead atoms. The molecule has 0 fully saturated rings. The van der Waals surface area contributed by atoms with Crippen molar-refractivity contribution in [2.45, 2.75) is 13.8 Å². The smallest absolute Gasteiger partial charge is 0.341 e. The molecule has 2 aromatic carbocycles. The maximum Gasteiger partial charge on any atom is 0.341 e. The van der Waals surface area contributed by atoms with Gasteiger partial charge in [-0.15, -0.1) is 0 Å². The largest absolute Gasteiger partial charge is 0.465 e. The van der Waals surface area contributed by atoms with Crippen LogP contribution in [0.3, 0.4) is 0 Å². The van der Waals surface area contributed by atoms with Crippen molar-refractivity contribution in [2.24, 2.45) is 0 Å². The van der Waals surface area contributed by atoms with Crippen LogP contribution in [0.25, 0.3) is 22.6 Å². The number of nitrogens with zero attached hydrogens (tertiary/aromatic N) is 3. The molecule has 0 radical (unpaired) electrons. The Morgan fingerprint density at radius 1 is 0.929 bits per heavy atom. The fourth-order valence-corrected chi connectivity index (χ4v) is 3.32. The summed E-state index contributed by atoms with van der Waals surface area (Å²) in [5.74, 6) is -0.539. The Morgan fingerprint density at radius 2 is 1.54 bits per heavy atom. The van der Waals surface area contributed by atoms with Crippen LogP contribution in [0, 0.1) is 13.8 Å². The molecular formula is C22H19N3O3. The van der Waals surface area contributed by atoms with Crippen LogP contribution in [0.5, 0.6) is 0 Å². The number of aromatic nitrogens is 3. The van der Waals surface area contributed by atoms with Crippen LogP contribution in [0.15, 0.2) is 65.7 Å². The molecule has 28 heavy (non-hydrogen) atoms. The second kappa shape index (κ2) is 6.81. The number of methoxy groups -OCH3 is 1. The van der Waals surface area contributed by atoms with Crippen LogP contribution >= 0.6 is 0 Å². The molecule has 0 saturated carbocycles. The third-order valence-electron chi connectivity index (χ3n) is 4.81. The predicted molar refractivity (Wildman–Crippen MR) is 107 cm³/mol. The first kappa shape index (κ1) is 17.7. The number of carbonyl (C=O) groups is 1. The van der Waals surface area contributed by atoms with Gasteiger partial charge in [-0.2, -0.15) is 9.78 Å². The van der Waals surface area contributed by atoms with Crippen molar-refractivity contribution >= 4 is 5.97 Å². The van der Waals surface area contributed by atoms with E-state index < -0.39 is 5.97 Å². The van der Waals surface area contributed by atoms with E-state index >= 15 is 0 Å². The Labute approximate surface area is 162 Å². The molecule has 4 rings (SSSR count). The first-order valence-corrected chi connectivity index (χ1v) is 8.86. The van der Waals surface area contributed by atoms with E-state index in [-0.39, 0.29) is 11.1 Å². The van der Waals surface area contributed by atoms with Crippen molar-refractivity contribution in [3.05, 3.63) is 88.0 Å². The van der Waals surface area contributed by atoms with Gasteiger partial charge in [-0.05, 0) is 37.1 Å². The number of ether oxygens (including phenoxy) is 1. The van der Waals surface area contributed by atoms with Crippen LogP contribution in [0.1, 0.15) is 21.5 Å². The van der Waals surface area contributed by atoms with E-state index in [1.165, 1.54) is 11.8 Å². The van der Waals surface area contributed by atoms with Crippen molar-refractivity contribution in [3.8, 4) is 22.6 Å². The number of esters is 1. The fraction of sp³-hybridized carbons (Fsp3) is 0.136. The van der Waals surface area contributed by atoms with Gasteiger partial charge in [0.2, 0.25) is 0 Å². The number of hydrogen-bond acceptors (Lipinski definition) is 4. The topological polar surface area (TPSA) is 66.1 Å². The highest BCUT2D eigenvalue weighted by molar-refractivity contribution is 5.96. The van der Waals surface area contributed by atoms with Crippen LogP contribution in [-0.2, 0) is 4.74 Å². The summed E-state index contributed by atoms with van der Waals surface area (Å²) in [5.41, 5.74) is 4.13. The molecule has 0 aromatic heterocycles. The summed E-state index contributed by atoms with van der Waals surface area (Å²) in [6, 6.07) is 15.2. The zero-order chi connectivity index (χ0) is 19.8. The summed E-state index contributed by atoms with van der Waals surface area (Å²) in [6.07, 6.45) is 3.37. The number of para-hydroxylation sites is 2. The number of fused-ring (bicyclic) bond motifs is 1. The minimum Gasteiger partial charge on any atom is -0.465 e. The second-order valence-corrected chi connectivity index (χ2v) is 6.62. The molecule has 2 aliphatic heterocycles. The van der Waals surface area contributed by atoms with Crippen LogP contribution in [-0.4, -0.2) is 27.4 Å². The lowest BCUT2D eigenvalue weighted by Crippen LogP contribution is -2.16. The molecule has 0 unspecified atom stereocenters. The highest BCUT2D eigenvalue weighted by atomic mass is 16.5. The summed E-state index contributed by atoms with van der Waals surface area (Å²) >= 11 is 0. The molecule has 2 heterocycles. The van der Waals surface area contributed by atoms with Gasteiger partial charge in [0.1, 0.15) is 11.3 Å². The second-order valence-electron chi connectivity index (χ2n) is 6.62. The van der Waals surface area contributed by atoms with Crippen molar-refractivity contribution in [3.63, 3.8) is 0 Å². The van der Waals surface area contributed by atoms with Gasteiger partial charge >= 0.3 is 5.97 Å². The maximum atomic E-state index is 13.1. The summed E-state index contributed by atoms with van der Waals surface area (Å²) in [6.45, 7) is 3.88. The summed E-state index contributed by atoms with van der Waals surface area (Å²) in [4.78, 5) is 25.6. The monoisotopic (exact) mass is 373 g/mol. The normalized spacial score (nSPS) is 11.0. The first-order valence-electron chi connectivity index (χ1n) is 8.86. The number of aryl methyl sites for hydroxylation is 2. The molecule has 0 aliphatic carbocycles. The molecule has 6 nitrogen and oxygen atoms in total. The van der Waals surface area contributed by atoms with Gasteiger partial charge in [-0.25, -0.2) is 4.79 Å². The molecule has 0 saturated heterocycles. The van der Waals surface area contributed by atoms with E-state index in [4.69, 9.17) is 4.74 Å². The van der Waals surface area contributed by atoms with E-state index in [0.29, 0.717) is 16.9 Å². The lowest BCUT2D eigenvalue weighted by atomic mass is 10.1. The van der Waals surface area contributed by atoms with E-state index in [1.807, 2.05) is 62.4 Å². The minimum absolute atomic E-state index is 0.243. The highest BCUT2D eigenvalue weighted by Gasteiger charge is 2.25. The van der Waals surface area contributed by atoms with E-state index in [0.717, 1.165) is 16.8 Å². The molecule has 0 amide bonds. The van der Waals surface area contributed by atoms with Gasteiger partial charge < -0.3 is 9.30 Å². The fourth-order valence-electron chi connectivity index (χ4n) is 3.32. The zero-order valence-electron chi connectivity index (χ0n) is 15.8. The summed E-state index contributed by atoms with van der Waals surface area (Å²) in [5, 5.41) is 4.46. The van der Waals surface area contributed by atoms with E-state index in [2.05, 4.69) is 5.10 Å². The third-order valence-corrected chi connectivity index (χ3v) is 4.81. The summed E-state index contributed by atoms with van der Waals surface area (Å²) < 4.78 is 8.06. The molecule has 140 valence electrons. The Bertz CT molecular complexity index is 1220. The lowest BCUT2D eigenvalue weighted by Gasteiger charge is -2.13. The maximum absolute atomic E-state index is 13.1. The van der Waals surface area contributed by atoms with Crippen molar-refractivity contribution in [1.29, 1.82) is 0 Å². The van der Waals surface area contributed by atoms with E-state index in [1.54, 1.807) is 17.0 Å². The van der Waals surface area contributed by atoms with Gasteiger partial charge in [0, 0.05) is 18.1 Å². The Morgan fingerprint density at radius 3 is 2.14 bits per heavy atom. The number of benzene rings is 2. The molecule has 2 aromatic rings. The Hall–Kier alpha value is -3.67. The first-order chi connectivity index (χ1) is 13.5. The highest BCUT2D eigenvalue weighted by Crippen LogP contribution is 2.26. The van der Waals surface area contributed by atoms with Crippen molar-refractivity contribution in [2.75, 3.05) is 7.11 Å². The standard InChI is InChI=1S/C22H19N3O3/c1-14-8-4-6-10-18(14)24-12-16-20(17(13-24)22(27)28-3)23-25(21(16)26)19-11-7-5-9-15(19)2/h4-13H,1-3H3. The van der Waals surface area contributed by atoms with Crippen LogP contribution in [0.4, 0.5) is 0 Å². The molecule has 0 spiro atoms. The average molecular weight is 373 g/mol. The molecule has 0 N–H and O–H groups in total. The molecular weight excluding hydrogens is 354 g/mol.